The fraction of sp³-hybridized carbons (Fsp3) is 0.118. The van der Waals surface area contributed by atoms with E-state index in [4.69, 9.17) is 0 Å². The summed E-state index contributed by atoms with van der Waals surface area (Å²) in [6.45, 7) is 0. The summed E-state index contributed by atoms with van der Waals surface area (Å²) >= 11 is 0. The van der Waals surface area contributed by atoms with Crippen LogP contribution in [-0.2, 0) is 9.59 Å². The minimum absolute atomic E-state index is 0.0946. The average Bonchev–Trinajstić information content (AvgIpc) is 2.56. The molecule has 24 heavy (non-hydrogen) atoms. The number of rotatable bonds is 4. The maximum absolute atomic E-state index is 12.8. The van der Waals surface area contributed by atoms with Gasteiger partial charge in [-0.3, -0.25) is 19.7 Å². The lowest BCUT2D eigenvalue weighted by Crippen LogP contribution is -2.42. The van der Waals surface area contributed by atoms with Crippen LogP contribution in [0.15, 0.2) is 60.7 Å². The molecule has 0 spiro atoms. The Morgan fingerprint density at radius 1 is 0.833 bits per heavy atom. The van der Waals surface area contributed by atoms with E-state index in [1.807, 2.05) is 5.32 Å². The molecule has 0 fully saturated rings. The number of imide groups is 1. The number of halogens is 3. The fourth-order valence-corrected chi connectivity index (χ4v) is 2.08. The molecule has 1 N–H and O–H groups in total. The molecular weight excluding hydrogens is 323 g/mol. The maximum atomic E-state index is 12.8. The van der Waals surface area contributed by atoms with Crippen molar-refractivity contribution in [3.8, 4) is 0 Å². The zero-order chi connectivity index (χ0) is 17.7. The molecule has 0 heterocycles. The van der Waals surface area contributed by atoms with E-state index in [2.05, 4.69) is 0 Å². The zero-order valence-corrected chi connectivity index (χ0v) is 12.2. The first-order chi connectivity index (χ1) is 11.3. The number of carbonyl (C=O) groups is 3. The van der Waals surface area contributed by atoms with Crippen LogP contribution in [0.4, 0.5) is 13.2 Å². The Kier molecular flexibility index (Phi) is 5.13. The van der Waals surface area contributed by atoms with Gasteiger partial charge in [0.2, 0.25) is 5.91 Å². The van der Waals surface area contributed by atoms with Crippen LogP contribution < -0.4 is 5.32 Å². The fourth-order valence-electron chi connectivity index (χ4n) is 2.08. The highest BCUT2D eigenvalue weighted by Crippen LogP contribution is 2.28. The molecule has 2 aromatic rings. The van der Waals surface area contributed by atoms with E-state index in [0.29, 0.717) is 0 Å². The Balaban J connectivity index is 2.29. The number of benzene rings is 2. The first-order valence-electron chi connectivity index (χ1n) is 6.87. The first-order valence-corrected chi connectivity index (χ1v) is 6.87. The highest BCUT2D eigenvalue weighted by atomic mass is 19.4. The molecule has 0 aromatic heterocycles. The molecule has 0 radical (unpaired) electrons. The van der Waals surface area contributed by atoms with Crippen molar-refractivity contribution in [3.05, 3.63) is 71.8 Å². The molecule has 4 nitrogen and oxygen atoms in total. The Morgan fingerprint density at radius 3 is 1.83 bits per heavy atom. The molecule has 124 valence electrons. The summed E-state index contributed by atoms with van der Waals surface area (Å²) in [5.41, 5.74) is -0.0460. The quantitative estimate of drug-likeness (QED) is 0.874. The highest BCUT2D eigenvalue weighted by molar-refractivity contribution is 6.15. The Morgan fingerprint density at radius 2 is 1.33 bits per heavy atom. The van der Waals surface area contributed by atoms with Crippen molar-refractivity contribution >= 4 is 17.6 Å². The summed E-state index contributed by atoms with van der Waals surface area (Å²) < 4.78 is 38.4. The van der Waals surface area contributed by atoms with Crippen LogP contribution >= 0.6 is 0 Å². The van der Waals surface area contributed by atoms with E-state index in [-0.39, 0.29) is 11.1 Å². The molecule has 0 aliphatic heterocycles. The number of amides is 2. The van der Waals surface area contributed by atoms with Crippen molar-refractivity contribution in [2.45, 2.75) is 12.1 Å². The van der Waals surface area contributed by atoms with E-state index in [9.17, 15) is 27.6 Å². The molecule has 1 atom stereocenters. The largest absolute Gasteiger partial charge is 0.451 e. The smallest absolute Gasteiger partial charge is 0.291 e. The summed E-state index contributed by atoms with van der Waals surface area (Å²) in [7, 11) is 0. The molecule has 2 aromatic carbocycles. The van der Waals surface area contributed by atoms with Crippen LogP contribution in [0.2, 0.25) is 0 Å². The maximum Gasteiger partial charge on any atom is 0.451 e. The number of ketones is 1. The summed E-state index contributed by atoms with van der Waals surface area (Å²) in [6, 6.07) is 14.3. The molecule has 0 aliphatic carbocycles. The second kappa shape index (κ2) is 7.08. The van der Waals surface area contributed by atoms with Crippen LogP contribution in [0.5, 0.6) is 0 Å². The minimum Gasteiger partial charge on any atom is -0.291 e. The topological polar surface area (TPSA) is 63.2 Å². The summed E-state index contributed by atoms with van der Waals surface area (Å²) in [5, 5.41) is 1.85. The van der Waals surface area contributed by atoms with Gasteiger partial charge in [0.1, 0.15) is 5.92 Å². The van der Waals surface area contributed by atoms with Crippen LogP contribution in [0.25, 0.3) is 0 Å². The number of carbonyl (C=O) groups excluding carboxylic acids is 3. The van der Waals surface area contributed by atoms with Crippen molar-refractivity contribution in [2.75, 3.05) is 0 Å². The van der Waals surface area contributed by atoms with E-state index in [1.54, 1.807) is 6.07 Å². The lowest BCUT2D eigenvalue weighted by molar-refractivity contribution is -0.173. The monoisotopic (exact) mass is 335 g/mol. The van der Waals surface area contributed by atoms with Gasteiger partial charge in [-0.1, -0.05) is 48.5 Å². The number of alkyl halides is 3. The third-order valence-electron chi connectivity index (χ3n) is 3.21. The zero-order valence-electron chi connectivity index (χ0n) is 12.2. The van der Waals surface area contributed by atoms with Gasteiger partial charge in [0.25, 0.3) is 11.7 Å². The number of nitrogens with one attached hydrogen (secondary N) is 1. The Labute approximate surface area is 135 Å². The van der Waals surface area contributed by atoms with Gasteiger partial charge in [0.15, 0.2) is 0 Å². The molecule has 0 bridgehead atoms. The minimum atomic E-state index is -5.20. The van der Waals surface area contributed by atoms with Crippen molar-refractivity contribution in [1.82, 2.24) is 5.32 Å². The molecule has 7 heteroatoms. The van der Waals surface area contributed by atoms with Gasteiger partial charge in [-0.15, -0.1) is 0 Å². The third-order valence-corrected chi connectivity index (χ3v) is 3.21. The van der Waals surface area contributed by atoms with Crippen molar-refractivity contribution < 1.29 is 27.6 Å². The van der Waals surface area contributed by atoms with E-state index in [0.717, 1.165) is 0 Å². The van der Waals surface area contributed by atoms with Crippen LogP contribution in [-0.4, -0.2) is 23.8 Å². The Hall–Kier alpha value is -2.96. The van der Waals surface area contributed by atoms with E-state index >= 15 is 0 Å². The van der Waals surface area contributed by atoms with E-state index < -0.39 is 29.7 Å². The predicted molar refractivity (Wildman–Crippen MR) is 79.2 cm³/mol. The van der Waals surface area contributed by atoms with Gasteiger partial charge >= 0.3 is 6.18 Å². The predicted octanol–water partition coefficient (Wildman–Crippen LogP) is 2.86. The molecule has 1 unspecified atom stereocenters. The lowest BCUT2D eigenvalue weighted by Gasteiger charge is -2.17. The lowest BCUT2D eigenvalue weighted by atomic mass is 9.93. The van der Waals surface area contributed by atoms with Gasteiger partial charge in [0, 0.05) is 5.56 Å². The molecule has 2 rings (SSSR count). The van der Waals surface area contributed by atoms with Crippen LogP contribution in [0.3, 0.4) is 0 Å². The SMILES string of the molecule is O=C(NC(=O)C(C(=O)C(F)(F)F)c1ccccc1)c1ccccc1. The number of hydrogen-bond donors (Lipinski definition) is 1. The van der Waals surface area contributed by atoms with E-state index in [1.165, 1.54) is 54.6 Å². The highest BCUT2D eigenvalue weighted by Gasteiger charge is 2.47. The second-order valence-corrected chi connectivity index (χ2v) is 4.89. The third kappa shape index (κ3) is 4.07. The van der Waals surface area contributed by atoms with Gasteiger partial charge in [-0.05, 0) is 17.7 Å². The molecule has 0 saturated carbocycles. The van der Waals surface area contributed by atoms with Crippen molar-refractivity contribution in [1.29, 1.82) is 0 Å². The molecule has 0 saturated heterocycles. The number of hydrogen-bond acceptors (Lipinski definition) is 3. The Bertz CT molecular complexity index is 743. The van der Waals surface area contributed by atoms with Gasteiger partial charge in [-0.25, -0.2) is 0 Å². The van der Waals surface area contributed by atoms with Gasteiger partial charge in [0.05, 0.1) is 0 Å². The van der Waals surface area contributed by atoms with Crippen LogP contribution in [0, 0.1) is 0 Å². The van der Waals surface area contributed by atoms with Gasteiger partial charge < -0.3 is 0 Å². The summed E-state index contributed by atoms with van der Waals surface area (Å²) in [5.74, 6) is -6.57. The normalized spacial score (nSPS) is 12.3. The first kappa shape index (κ1) is 17.4. The summed E-state index contributed by atoms with van der Waals surface area (Å²) in [6.07, 6.45) is -5.20. The van der Waals surface area contributed by atoms with Gasteiger partial charge in [-0.2, -0.15) is 13.2 Å². The number of Topliss-reactive ketones (excluding diaryl/α,β-unsaturated/α-hetero) is 1. The average molecular weight is 335 g/mol. The van der Waals surface area contributed by atoms with Crippen LogP contribution in [0.1, 0.15) is 21.8 Å². The second-order valence-electron chi connectivity index (χ2n) is 4.89. The summed E-state index contributed by atoms with van der Waals surface area (Å²) in [4.78, 5) is 35.7. The van der Waals surface area contributed by atoms with Crippen molar-refractivity contribution in [2.24, 2.45) is 0 Å². The molecular formula is C17H12F3NO3. The molecule has 0 aliphatic rings. The standard InChI is InChI=1S/C17H12F3NO3/c18-17(19,20)14(22)13(11-7-3-1-4-8-11)16(24)21-15(23)12-9-5-2-6-10-12/h1-10,13H,(H,21,23,24). The van der Waals surface area contributed by atoms with Crippen molar-refractivity contribution in [3.63, 3.8) is 0 Å². The molecule has 2 amide bonds.